The molecule has 3 rings (SSSR count). The monoisotopic (exact) mass is 363 g/mol. The highest BCUT2D eigenvalue weighted by Gasteiger charge is 2.17. The molecule has 8 heteroatoms. The van der Waals surface area contributed by atoms with Crippen LogP contribution in [-0.4, -0.2) is 14.6 Å². The fourth-order valence-electron chi connectivity index (χ4n) is 1.74. The molecule has 0 bridgehead atoms. The molecule has 0 aliphatic rings. The molecule has 3 heterocycles. The Kier molecular flexibility index (Phi) is 3.28. The van der Waals surface area contributed by atoms with Crippen molar-refractivity contribution in [1.82, 2.24) is 14.6 Å². The Labute approximate surface area is 124 Å². The zero-order valence-electron chi connectivity index (χ0n) is 9.15. The molecule has 0 atom stereocenters. The largest absolute Gasteiger partial charge is 0.312 e. The summed E-state index contributed by atoms with van der Waals surface area (Å²) in [5.41, 5.74) is 1.47. The van der Waals surface area contributed by atoms with E-state index in [1.807, 2.05) is 6.07 Å². The van der Waals surface area contributed by atoms with Crippen molar-refractivity contribution in [2.75, 3.05) is 0 Å². The quantitative estimate of drug-likeness (QED) is 0.653. The number of hydrogen-bond donors (Lipinski definition) is 0. The molecule has 0 unspecified atom stereocenters. The Balaban J connectivity index is 2.19. The van der Waals surface area contributed by atoms with Gasteiger partial charge in [-0.3, -0.25) is 0 Å². The summed E-state index contributed by atoms with van der Waals surface area (Å²) in [4.78, 5) is 0. The number of fused-ring (bicyclic) bond motifs is 1. The van der Waals surface area contributed by atoms with Crippen molar-refractivity contribution in [3.05, 3.63) is 38.9 Å². The fourth-order valence-corrected chi connectivity index (χ4v) is 3.30. The standard InChI is InChI=1S/C11H5BrClF2N3S/c12-5-3-6(13)7-1-2-8(18(7)4-5)10-16-17-11(19-10)9(14)15/h1-4,9H. The van der Waals surface area contributed by atoms with E-state index in [2.05, 4.69) is 26.1 Å². The highest BCUT2D eigenvalue weighted by molar-refractivity contribution is 9.10. The van der Waals surface area contributed by atoms with E-state index in [-0.39, 0.29) is 5.01 Å². The zero-order chi connectivity index (χ0) is 13.6. The summed E-state index contributed by atoms with van der Waals surface area (Å²) in [5, 5.41) is 8.00. The van der Waals surface area contributed by atoms with E-state index in [1.54, 1.807) is 22.7 Å². The van der Waals surface area contributed by atoms with Crippen LogP contribution in [0.2, 0.25) is 5.02 Å². The van der Waals surface area contributed by atoms with Gasteiger partial charge in [0.1, 0.15) is 0 Å². The molecule has 3 nitrogen and oxygen atoms in total. The molecule has 19 heavy (non-hydrogen) atoms. The molecule has 0 saturated carbocycles. The van der Waals surface area contributed by atoms with Crippen LogP contribution >= 0.6 is 38.9 Å². The van der Waals surface area contributed by atoms with Gasteiger partial charge in [-0.1, -0.05) is 22.9 Å². The predicted molar refractivity (Wildman–Crippen MR) is 74.0 cm³/mol. The third-order valence-electron chi connectivity index (χ3n) is 2.53. The van der Waals surface area contributed by atoms with Gasteiger partial charge in [-0.25, -0.2) is 8.78 Å². The van der Waals surface area contributed by atoms with Gasteiger partial charge in [-0.2, -0.15) is 0 Å². The fraction of sp³-hybridized carbons (Fsp3) is 0.0909. The van der Waals surface area contributed by atoms with Crippen molar-refractivity contribution >= 4 is 44.4 Å². The van der Waals surface area contributed by atoms with Crippen molar-refractivity contribution < 1.29 is 8.78 Å². The average Bonchev–Trinajstić information content (AvgIpc) is 2.93. The number of nitrogens with zero attached hydrogens (tertiary/aromatic N) is 3. The van der Waals surface area contributed by atoms with Crippen LogP contribution in [0.1, 0.15) is 11.4 Å². The maximum atomic E-state index is 12.5. The highest BCUT2D eigenvalue weighted by Crippen LogP contribution is 2.32. The van der Waals surface area contributed by atoms with Crippen LogP contribution in [-0.2, 0) is 0 Å². The first-order valence-electron chi connectivity index (χ1n) is 5.14. The minimum atomic E-state index is -2.60. The Morgan fingerprint density at radius 3 is 2.79 bits per heavy atom. The van der Waals surface area contributed by atoms with E-state index >= 15 is 0 Å². The van der Waals surface area contributed by atoms with E-state index in [9.17, 15) is 8.78 Å². The lowest BCUT2D eigenvalue weighted by molar-refractivity contribution is 0.150. The van der Waals surface area contributed by atoms with Gasteiger partial charge in [-0.15, -0.1) is 10.2 Å². The van der Waals surface area contributed by atoms with E-state index in [4.69, 9.17) is 11.6 Å². The van der Waals surface area contributed by atoms with Gasteiger partial charge in [0.05, 0.1) is 16.2 Å². The molecule has 0 aromatic carbocycles. The summed E-state index contributed by atoms with van der Waals surface area (Å²) in [6.45, 7) is 0. The summed E-state index contributed by atoms with van der Waals surface area (Å²) in [7, 11) is 0. The lowest BCUT2D eigenvalue weighted by Crippen LogP contribution is -1.88. The van der Waals surface area contributed by atoms with Crippen LogP contribution in [0.4, 0.5) is 8.78 Å². The number of aromatic nitrogens is 3. The smallest absolute Gasteiger partial charge is 0.291 e. The van der Waals surface area contributed by atoms with Gasteiger partial charge >= 0.3 is 0 Å². The van der Waals surface area contributed by atoms with Crippen LogP contribution in [0.5, 0.6) is 0 Å². The van der Waals surface area contributed by atoms with Crippen LogP contribution in [0.25, 0.3) is 16.2 Å². The Morgan fingerprint density at radius 2 is 2.11 bits per heavy atom. The highest BCUT2D eigenvalue weighted by atomic mass is 79.9. The topological polar surface area (TPSA) is 30.2 Å². The number of hydrogen-bond acceptors (Lipinski definition) is 3. The minimum absolute atomic E-state index is 0.286. The van der Waals surface area contributed by atoms with E-state index < -0.39 is 6.43 Å². The molecule has 0 spiro atoms. The van der Waals surface area contributed by atoms with E-state index in [0.29, 0.717) is 15.7 Å². The number of alkyl halides is 2. The molecule has 3 aromatic heterocycles. The van der Waals surface area contributed by atoms with Crippen molar-refractivity contribution in [1.29, 1.82) is 0 Å². The van der Waals surface area contributed by atoms with Gasteiger partial charge in [0, 0.05) is 10.7 Å². The molecule has 0 saturated heterocycles. The average molecular weight is 365 g/mol. The van der Waals surface area contributed by atoms with Gasteiger partial charge in [-0.05, 0) is 34.1 Å². The first-order chi connectivity index (χ1) is 9.06. The zero-order valence-corrected chi connectivity index (χ0v) is 12.3. The lowest BCUT2D eigenvalue weighted by Gasteiger charge is -2.02. The molecule has 0 aliphatic heterocycles. The molecule has 3 aromatic rings. The second-order valence-electron chi connectivity index (χ2n) is 3.73. The first kappa shape index (κ1) is 13.0. The lowest BCUT2D eigenvalue weighted by atomic mass is 10.4. The SMILES string of the molecule is FC(F)c1nnc(-c2ccc3c(Cl)cc(Br)cn23)s1. The van der Waals surface area contributed by atoms with Crippen LogP contribution in [0.15, 0.2) is 28.9 Å². The van der Waals surface area contributed by atoms with Crippen molar-refractivity contribution in [2.45, 2.75) is 6.43 Å². The molecular weight excluding hydrogens is 360 g/mol. The van der Waals surface area contributed by atoms with Crippen molar-refractivity contribution in [2.24, 2.45) is 0 Å². The molecule has 0 amide bonds. The molecule has 0 fully saturated rings. The summed E-state index contributed by atoms with van der Waals surface area (Å²) < 4.78 is 27.7. The maximum Gasteiger partial charge on any atom is 0.291 e. The van der Waals surface area contributed by atoms with Gasteiger partial charge in [0.15, 0.2) is 10.0 Å². The molecule has 0 radical (unpaired) electrons. The second-order valence-corrected chi connectivity index (χ2v) is 6.06. The van der Waals surface area contributed by atoms with Crippen molar-refractivity contribution in [3.63, 3.8) is 0 Å². The normalized spacial score (nSPS) is 11.6. The van der Waals surface area contributed by atoms with Crippen LogP contribution < -0.4 is 0 Å². The third-order valence-corrected chi connectivity index (χ3v) is 4.22. The maximum absolute atomic E-state index is 12.5. The van der Waals surface area contributed by atoms with Crippen molar-refractivity contribution in [3.8, 4) is 10.7 Å². The Bertz CT molecular complexity index is 756. The summed E-state index contributed by atoms with van der Waals surface area (Å²) >= 11 is 10.3. The van der Waals surface area contributed by atoms with E-state index in [0.717, 1.165) is 21.3 Å². The number of pyridine rings is 1. The second kappa shape index (κ2) is 4.81. The third kappa shape index (κ3) is 2.26. The minimum Gasteiger partial charge on any atom is -0.312 e. The molecule has 98 valence electrons. The summed E-state index contributed by atoms with van der Waals surface area (Å²) in [6.07, 6.45) is -0.798. The van der Waals surface area contributed by atoms with Gasteiger partial charge < -0.3 is 4.40 Å². The van der Waals surface area contributed by atoms with Gasteiger partial charge in [0.25, 0.3) is 6.43 Å². The Morgan fingerprint density at radius 1 is 1.32 bits per heavy atom. The number of halogens is 4. The first-order valence-corrected chi connectivity index (χ1v) is 7.13. The van der Waals surface area contributed by atoms with Crippen LogP contribution in [0.3, 0.4) is 0 Å². The van der Waals surface area contributed by atoms with E-state index in [1.165, 1.54) is 0 Å². The number of rotatable bonds is 2. The molecule has 0 aliphatic carbocycles. The molecular formula is C11H5BrClF2N3S. The predicted octanol–water partition coefficient (Wildman–Crippen LogP) is 4.81. The summed E-state index contributed by atoms with van der Waals surface area (Å²) in [6, 6.07) is 5.36. The molecule has 0 N–H and O–H groups in total. The van der Waals surface area contributed by atoms with Crippen LogP contribution in [0, 0.1) is 0 Å². The van der Waals surface area contributed by atoms with Gasteiger partial charge in [0.2, 0.25) is 0 Å². The Hall–Kier alpha value is -1.05. The summed E-state index contributed by atoms with van der Waals surface area (Å²) in [5.74, 6) is 0.